The van der Waals surface area contributed by atoms with Crippen LogP contribution in [-0.2, 0) is 42.4 Å². The largest absolute Gasteiger partial charge is 0.391 e. The highest BCUT2D eigenvalue weighted by Gasteiger charge is 2.44. The van der Waals surface area contributed by atoms with Crippen molar-refractivity contribution in [1.82, 2.24) is 45.4 Å². The van der Waals surface area contributed by atoms with Gasteiger partial charge < -0.3 is 42.2 Å². The number of imidazole rings is 1. The Morgan fingerprint density at radius 2 is 1.69 bits per heavy atom. The van der Waals surface area contributed by atoms with Crippen molar-refractivity contribution in [2.45, 2.75) is 96.5 Å². The van der Waals surface area contributed by atoms with Crippen molar-refractivity contribution in [1.29, 1.82) is 0 Å². The molecule has 384 valence electrons. The third-order valence-corrected chi connectivity index (χ3v) is 14.9. The lowest BCUT2D eigenvalue weighted by Gasteiger charge is -2.38. The van der Waals surface area contributed by atoms with Crippen molar-refractivity contribution >= 4 is 51.9 Å². The quantitative estimate of drug-likeness (QED) is 0.0514. The normalized spacial score (nSPS) is 16.6. The van der Waals surface area contributed by atoms with Crippen molar-refractivity contribution in [2.75, 3.05) is 32.0 Å². The zero-order valence-electron chi connectivity index (χ0n) is 42.1. The van der Waals surface area contributed by atoms with Gasteiger partial charge in [0.1, 0.15) is 30.0 Å². The van der Waals surface area contributed by atoms with Crippen LogP contribution in [0, 0.1) is 12.3 Å². The number of nitrogens with two attached hydrogens (primary N) is 2. The van der Waals surface area contributed by atoms with Crippen LogP contribution in [0.4, 0.5) is 5.82 Å². The summed E-state index contributed by atoms with van der Waals surface area (Å²) in [4.78, 5) is 74.9. The maximum atomic E-state index is 14.1. The Bertz CT molecular complexity index is 3160. The minimum absolute atomic E-state index is 0.0394. The Morgan fingerprint density at radius 3 is 2.39 bits per heavy atom. The van der Waals surface area contributed by atoms with E-state index in [0.717, 1.165) is 69.0 Å². The average molecular weight is 1020 g/mol. The summed E-state index contributed by atoms with van der Waals surface area (Å²) in [7, 11) is 0. The number of anilines is 1. The molecule has 1 unspecified atom stereocenters. The number of hydrogen-bond donors (Lipinski definition) is 6. The number of ether oxygens (including phenoxy) is 1. The number of β-amino-alcohol motifs (C(OH)–C–C–N with tert-alkyl or cyclic N) is 1. The molecule has 9 rings (SSSR count). The molecule has 3 aromatic carbocycles. The number of amides is 4. The molecule has 7 aromatic rings. The summed E-state index contributed by atoms with van der Waals surface area (Å²) < 4.78 is 7.62. The first-order chi connectivity index (χ1) is 35.5. The van der Waals surface area contributed by atoms with Crippen molar-refractivity contribution in [2.24, 2.45) is 11.1 Å². The number of aliphatic hydroxyl groups is 1. The van der Waals surface area contributed by atoms with Crippen LogP contribution in [0.2, 0.25) is 0 Å². The van der Waals surface area contributed by atoms with E-state index in [0.29, 0.717) is 34.8 Å². The maximum Gasteiger partial charge on any atom is 0.246 e. The predicted octanol–water partition coefficient (Wildman–Crippen LogP) is 6.38. The van der Waals surface area contributed by atoms with E-state index < -0.39 is 35.4 Å². The Balaban J connectivity index is 0.756. The second-order valence-corrected chi connectivity index (χ2v) is 21.2. The highest BCUT2D eigenvalue weighted by molar-refractivity contribution is 7.13. The van der Waals surface area contributed by atoms with Gasteiger partial charge in [-0.05, 0) is 103 Å². The number of rotatable bonds is 18. The van der Waals surface area contributed by atoms with Crippen LogP contribution in [0.1, 0.15) is 75.3 Å². The van der Waals surface area contributed by atoms with Crippen molar-refractivity contribution in [3.8, 4) is 38.8 Å². The number of benzene rings is 3. The van der Waals surface area contributed by atoms with Crippen LogP contribution in [0.5, 0.6) is 0 Å². The van der Waals surface area contributed by atoms with Gasteiger partial charge in [0.2, 0.25) is 23.6 Å². The molecule has 8 N–H and O–H groups in total. The molecule has 1 saturated carbocycles. The van der Waals surface area contributed by atoms with E-state index in [9.17, 15) is 24.3 Å². The molecule has 2 fully saturated rings. The van der Waals surface area contributed by atoms with Gasteiger partial charge in [-0.2, -0.15) is 0 Å². The van der Waals surface area contributed by atoms with Crippen molar-refractivity contribution in [3.63, 3.8) is 0 Å². The van der Waals surface area contributed by atoms with Gasteiger partial charge in [-0.1, -0.05) is 75.4 Å². The lowest BCUT2D eigenvalue weighted by Crippen LogP contribution is -2.58. The van der Waals surface area contributed by atoms with Gasteiger partial charge in [-0.3, -0.25) is 23.7 Å². The molecular formula is C56H63N11O6S. The molecule has 1 saturated heterocycles. The average Bonchev–Trinajstić information content (AvgIpc) is 4.12. The predicted molar refractivity (Wildman–Crippen MR) is 285 cm³/mol. The zero-order chi connectivity index (χ0) is 52.1. The second kappa shape index (κ2) is 22.0. The summed E-state index contributed by atoms with van der Waals surface area (Å²) >= 11 is 1.57. The molecule has 3 atom stereocenters. The van der Waals surface area contributed by atoms with Crippen molar-refractivity contribution in [3.05, 3.63) is 131 Å². The zero-order valence-corrected chi connectivity index (χ0v) is 43.0. The highest BCUT2D eigenvalue weighted by atomic mass is 32.1. The van der Waals surface area contributed by atoms with Crippen LogP contribution < -0.4 is 27.4 Å². The lowest BCUT2D eigenvalue weighted by molar-refractivity contribution is -0.144. The molecule has 4 amide bonds. The number of thiazole rings is 1. The third-order valence-electron chi connectivity index (χ3n) is 13.9. The first-order valence-corrected chi connectivity index (χ1v) is 25.9. The van der Waals surface area contributed by atoms with Gasteiger partial charge in [0, 0.05) is 55.5 Å². The number of nitrogens with zero attached hydrogens (tertiary/aromatic N) is 6. The van der Waals surface area contributed by atoms with Crippen LogP contribution in [0.15, 0.2) is 109 Å². The minimum Gasteiger partial charge on any atom is -0.391 e. The number of aromatic nitrogens is 5. The topological polar surface area (TPSA) is 246 Å². The standard InChI is InChI=1S/C56H63N11O6S/c1-34-48(74-33-62-34)37-14-11-36(12-15-37)30-61-53(71)45-29-41(68)31-66(45)54(72)49(55(2,3)4)65-47(70)32-73-27-26-59-46(69)22-13-35-8-5-9-38(28-35)43-20-21-44-52(63-43)67(51(64-44)42-10-6-25-60-50(42)57)40-18-16-39(17-19-40)56(58)23-7-24-56/h5-6,8-12,14-21,25,28,33,41,45,49,68H,7,13,22-24,26-27,29-32,58H2,1-4H3,(H2,57,60)(H,59,69)(H,61,71)(H,65,70)/t41-,45+,49?/m1/s1. The van der Waals surface area contributed by atoms with E-state index in [1.165, 1.54) is 4.90 Å². The van der Waals surface area contributed by atoms with Gasteiger partial charge in [-0.25, -0.2) is 19.9 Å². The Hall–Kier alpha value is -7.38. The summed E-state index contributed by atoms with van der Waals surface area (Å²) in [5, 5.41) is 19.2. The summed E-state index contributed by atoms with van der Waals surface area (Å²) in [6.07, 6.45) is 4.57. The van der Waals surface area contributed by atoms with E-state index in [1.807, 2.05) is 123 Å². The molecule has 17 nitrogen and oxygen atoms in total. The maximum absolute atomic E-state index is 14.1. The van der Waals surface area contributed by atoms with E-state index in [2.05, 4.69) is 38.1 Å². The number of pyridine rings is 2. The Kier molecular flexibility index (Phi) is 15.3. The van der Waals surface area contributed by atoms with Crippen LogP contribution >= 0.6 is 11.3 Å². The smallest absolute Gasteiger partial charge is 0.246 e. The molecule has 0 bridgehead atoms. The SMILES string of the molecule is Cc1ncsc1-c1ccc(CNC(=O)[C@@H]2C[C@@H](O)CN2C(=O)C(NC(=O)COCCNC(=O)CCc2cccc(-c3ccc4nc(-c5cccnc5N)n(-c5ccc(C6(N)CCC6)cc5)c4n3)c2)C(C)(C)C)cc1. The molecular weight excluding hydrogens is 955 g/mol. The molecule has 74 heavy (non-hydrogen) atoms. The fourth-order valence-electron chi connectivity index (χ4n) is 9.58. The van der Waals surface area contributed by atoms with Crippen LogP contribution in [-0.4, -0.2) is 103 Å². The first kappa shape index (κ1) is 51.5. The first-order valence-electron chi connectivity index (χ1n) is 25.0. The summed E-state index contributed by atoms with van der Waals surface area (Å²) in [5.41, 5.74) is 23.3. The monoisotopic (exact) mass is 1020 g/mol. The summed E-state index contributed by atoms with van der Waals surface area (Å²) in [5.74, 6) is -0.578. The number of carbonyl (C=O) groups is 4. The number of fused-ring (bicyclic) bond motifs is 1. The number of hydrogen-bond acceptors (Lipinski definition) is 13. The van der Waals surface area contributed by atoms with Gasteiger partial charge in [0.25, 0.3) is 0 Å². The highest BCUT2D eigenvalue weighted by Crippen LogP contribution is 2.40. The number of nitrogens with one attached hydrogen (secondary N) is 3. The molecule has 4 aromatic heterocycles. The van der Waals surface area contributed by atoms with E-state index in [1.54, 1.807) is 17.5 Å². The Morgan fingerprint density at radius 1 is 0.905 bits per heavy atom. The number of nitrogen functional groups attached to an aromatic ring is 1. The lowest BCUT2D eigenvalue weighted by atomic mass is 9.73. The number of likely N-dealkylation sites (tertiary alicyclic amines) is 1. The fraction of sp³-hybridized carbons (Fsp3) is 0.357. The molecule has 18 heteroatoms. The second-order valence-electron chi connectivity index (χ2n) is 20.3. The molecule has 1 aliphatic heterocycles. The van der Waals surface area contributed by atoms with Gasteiger partial charge in [0.15, 0.2) is 11.5 Å². The van der Waals surface area contributed by atoms with Gasteiger partial charge >= 0.3 is 0 Å². The van der Waals surface area contributed by atoms with Crippen molar-refractivity contribution < 1.29 is 29.0 Å². The Labute approximate surface area is 434 Å². The van der Waals surface area contributed by atoms with E-state index in [4.69, 9.17) is 26.2 Å². The molecule has 2 aliphatic rings. The van der Waals surface area contributed by atoms with Gasteiger partial charge in [0.05, 0.1) is 40.0 Å². The molecule has 1 aliphatic carbocycles. The summed E-state index contributed by atoms with van der Waals surface area (Å²) in [6, 6.07) is 29.7. The minimum atomic E-state index is -1.01. The molecule has 0 radical (unpaired) electrons. The molecule has 5 heterocycles. The number of aryl methyl sites for hydroxylation is 2. The van der Waals surface area contributed by atoms with Gasteiger partial charge in [-0.15, -0.1) is 11.3 Å². The fourth-order valence-corrected chi connectivity index (χ4v) is 10.4. The number of aliphatic hydroxyl groups excluding tert-OH is 1. The third kappa shape index (κ3) is 11.5. The van der Waals surface area contributed by atoms with Crippen LogP contribution in [0.25, 0.3) is 49.9 Å². The van der Waals surface area contributed by atoms with E-state index >= 15 is 0 Å². The van der Waals surface area contributed by atoms with Crippen LogP contribution in [0.3, 0.4) is 0 Å². The molecule has 0 spiro atoms. The number of carbonyl (C=O) groups excluding carboxylic acids is 4. The van der Waals surface area contributed by atoms with E-state index in [-0.39, 0.29) is 63.0 Å². The summed E-state index contributed by atoms with van der Waals surface area (Å²) in [6.45, 7) is 7.50.